The number of anilines is 1. The molecular formula is C14H23N5O2. The summed E-state index contributed by atoms with van der Waals surface area (Å²) in [7, 11) is 1.63. The minimum Gasteiger partial charge on any atom is -0.383 e. The predicted molar refractivity (Wildman–Crippen MR) is 80.2 cm³/mol. The number of carbonyl (C=O) groups excluding carboxylic acids is 1. The van der Waals surface area contributed by atoms with E-state index in [1.807, 2.05) is 6.92 Å². The molecule has 7 heteroatoms. The highest BCUT2D eigenvalue weighted by Gasteiger charge is 2.20. The number of aromatic nitrogens is 2. The fourth-order valence-electron chi connectivity index (χ4n) is 2.40. The van der Waals surface area contributed by atoms with Crippen molar-refractivity contribution in [2.75, 3.05) is 51.3 Å². The minimum atomic E-state index is 0.0448. The Morgan fingerprint density at radius 3 is 2.76 bits per heavy atom. The molecule has 1 aliphatic rings. The summed E-state index contributed by atoms with van der Waals surface area (Å²) in [6.45, 7) is 6.33. The molecule has 2 heterocycles. The standard InChI is InChI=1S/C14H23N5O2/c1-12(11-21-2)17-14(20)10-18-5-7-19(8-6-18)13-9-15-3-4-16-13/h3-4,9,12H,5-8,10-11H2,1-2H3,(H,17,20)/t12-/m1/s1. The van der Waals surface area contributed by atoms with E-state index in [0.717, 1.165) is 32.0 Å². The first-order chi connectivity index (χ1) is 10.2. The van der Waals surface area contributed by atoms with E-state index in [0.29, 0.717) is 13.2 Å². The summed E-state index contributed by atoms with van der Waals surface area (Å²) in [5, 5.41) is 2.93. The summed E-state index contributed by atoms with van der Waals surface area (Å²) in [5.74, 6) is 0.947. The van der Waals surface area contributed by atoms with Crippen molar-refractivity contribution in [1.29, 1.82) is 0 Å². The zero-order valence-electron chi connectivity index (χ0n) is 12.7. The molecule has 0 unspecified atom stereocenters. The molecule has 0 bridgehead atoms. The molecule has 0 aromatic carbocycles. The molecule has 1 fully saturated rings. The Morgan fingerprint density at radius 1 is 1.38 bits per heavy atom. The van der Waals surface area contributed by atoms with Crippen molar-refractivity contribution in [2.45, 2.75) is 13.0 Å². The molecule has 0 aliphatic carbocycles. The van der Waals surface area contributed by atoms with Gasteiger partial charge < -0.3 is 15.0 Å². The van der Waals surface area contributed by atoms with Gasteiger partial charge in [-0.2, -0.15) is 0 Å². The minimum absolute atomic E-state index is 0.0448. The number of nitrogens with one attached hydrogen (secondary N) is 1. The van der Waals surface area contributed by atoms with Crippen LogP contribution in [-0.4, -0.2) is 73.3 Å². The Balaban J connectivity index is 1.73. The molecule has 1 atom stereocenters. The zero-order valence-corrected chi connectivity index (χ0v) is 12.7. The fraction of sp³-hybridized carbons (Fsp3) is 0.643. The number of amides is 1. The van der Waals surface area contributed by atoms with Crippen molar-refractivity contribution >= 4 is 11.7 Å². The molecule has 0 radical (unpaired) electrons. The monoisotopic (exact) mass is 293 g/mol. The highest BCUT2D eigenvalue weighted by molar-refractivity contribution is 5.78. The quantitative estimate of drug-likeness (QED) is 0.780. The first kappa shape index (κ1) is 15.7. The Kier molecular flexibility index (Phi) is 5.89. The van der Waals surface area contributed by atoms with E-state index in [9.17, 15) is 4.79 Å². The zero-order chi connectivity index (χ0) is 15.1. The van der Waals surface area contributed by atoms with E-state index >= 15 is 0 Å². The van der Waals surface area contributed by atoms with Gasteiger partial charge in [0.2, 0.25) is 5.91 Å². The lowest BCUT2D eigenvalue weighted by molar-refractivity contribution is -0.123. The second-order valence-corrected chi connectivity index (χ2v) is 5.25. The van der Waals surface area contributed by atoms with Gasteiger partial charge in [0.1, 0.15) is 5.82 Å². The van der Waals surface area contributed by atoms with Gasteiger partial charge in [-0.15, -0.1) is 0 Å². The molecule has 0 saturated carbocycles. The van der Waals surface area contributed by atoms with Crippen LogP contribution in [0.5, 0.6) is 0 Å². The first-order valence-corrected chi connectivity index (χ1v) is 7.20. The maximum atomic E-state index is 11.9. The third kappa shape index (κ3) is 4.95. The first-order valence-electron chi connectivity index (χ1n) is 7.20. The summed E-state index contributed by atoms with van der Waals surface area (Å²) in [4.78, 5) is 24.6. The van der Waals surface area contributed by atoms with Crippen LogP contribution in [0.25, 0.3) is 0 Å². The average molecular weight is 293 g/mol. The van der Waals surface area contributed by atoms with E-state index in [4.69, 9.17) is 4.74 Å². The average Bonchev–Trinajstić information content (AvgIpc) is 2.49. The summed E-state index contributed by atoms with van der Waals surface area (Å²) in [5.41, 5.74) is 0. The van der Waals surface area contributed by atoms with Crippen LogP contribution in [0.15, 0.2) is 18.6 Å². The highest BCUT2D eigenvalue weighted by Crippen LogP contribution is 2.10. The Hall–Kier alpha value is -1.73. The van der Waals surface area contributed by atoms with Crippen LogP contribution in [0.2, 0.25) is 0 Å². The van der Waals surface area contributed by atoms with E-state index in [1.54, 1.807) is 25.7 Å². The number of carbonyl (C=O) groups is 1. The van der Waals surface area contributed by atoms with Crippen LogP contribution in [0.4, 0.5) is 5.82 Å². The Labute approximate surface area is 125 Å². The number of nitrogens with zero attached hydrogens (tertiary/aromatic N) is 4. The predicted octanol–water partition coefficient (Wildman–Crippen LogP) is -0.250. The van der Waals surface area contributed by atoms with Gasteiger partial charge in [-0.05, 0) is 6.92 Å². The normalized spacial score (nSPS) is 17.5. The number of ether oxygens (including phenoxy) is 1. The van der Waals surface area contributed by atoms with E-state index < -0.39 is 0 Å². The molecule has 0 spiro atoms. The molecule has 7 nitrogen and oxygen atoms in total. The van der Waals surface area contributed by atoms with Crippen LogP contribution in [0.1, 0.15) is 6.92 Å². The molecule has 1 amide bonds. The molecule has 1 aliphatic heterocycles. The van der Waals surface area contributed by atoms with Crippen molar-refractivity contribution in [3.8, 4) is 0 Å². The van der Waals surface area contributed by atoms with Gasteiger partial charge in [-0.25, -0.2) is 4.98 Å². The maximum absolute atomic E-state index is 11.9. The third-order valence-corrected chi connectivity index (χ3v) is 3.44. The van der Waals surface area contributed by atoms with Gasteiger partial charge in [0.15, 0.2) is 0 Å². The van der Waals surface area contributed by atoms with Crippen molar-refractivity contribution in [1.82, 2.24) is 20.2 Å². The molecule has 2 rings (SSSR count). The van der Waals surface area contributed by atoms with Crippen LogP contribution >= 0.6 is 0 Å². The molecule has 1 aromatic heterocycles. The van der Waals surface area contributed by atoms with Crippen LogP contribution < -0.4 is 10.2 Å². The van der Waals surface area contributed by atoms with Gasteiger partial charge in [0, 0.05) is 51.7 Å². The fourth-order valence-corrected chi connectivity index (χ4v) is 2.40. The number of rotatable bonds is 6. The second kappa shape index (κ2) is 7.90. The van der Waals surface area contributed by atoms with Gasteiger partial charge in [-0.1, -0.05) is 0 Å². The lowest BCUT2D eigenvalue weighted by Gasteiger charge is -2.34. The van der Waals surface area contributed by atoms with Gasteiger partial charge in [-0.3, -0.25) is 14.7 Å². The summed E-state index contributed by atoms with van der Waals surface area (Å²) < 4.78 is 5.01. The molecule has 1 saturated heterocycles. The van der Waals surface area contributed by atoms with Crippen molar-refractivity contribution in [2.24, 2.45) is 0 Å². The van der Waals surface area contributed by atoms with E-state index in [2.05, 4.69) is 25.1 Å². The summed E-state index contributed by atoms with van der Waals surface area (Å²) >= 11 is 0. The topological polar surface area (TPSA) is 70.6 Å². The lowest BCUT2D eigenvalue weighted by atomic mass is 10.3. The SMILES string of the molecule is COC[C@@H](C)NC(=O)CN1CCN(c2cnccn2)CC1. The summed E-state index contributed by atoms with van der Waals surface area (Å²) in [6.07, 6.45) is 5.15. The Bertz CT molecular complexity index is 434. The number of hydrogen-bond donors (Lipinski definition) is 1. The van der Waals surface area contributed by atoms with E-state index in [-0.39, 0.29) is 11.9 Å². The number of methoxy groups -OCH3 is 1. The Morgan fingerprint density at radius 2 is 2.14 bits per heavy atom. The lowest BCUT2D eigenvalue weighted by Crippen LogP contribution is -2.50. The molecule has 1 aromatic rings. The van der Waals surface area contributed by atoms with Gasteiger partial charge in [0.05, 0.1) is 19.3 Å². The molecule has 21 heavy (non-hydrogen) atoms. The van der Waals surface area contributed by atoms with Crippen LogP contribution in [-0.2, 0) is 9.53 Å². The summed E-state index contributed by atoms with van der Waals surface area (Å²) in [6, 6.07) is 0.0448. The largest absolute Gasteiger partial charge is 0.383 e. The maximum Gasteiger partial charge on any atom is 0.234 e. The van der Waals surface area contributed by atoms with Gasteiger partial charge >= 0.3 is 0 Å². The van der Waals surface area contributed by atoms with Crippen molar-refractivity contribution in [3.63, 3.8) is 0 Å². The van der Waals surface area contributed by atoms with E-state index in [1.165, 1.54) is 0 Å². The van der Waals surface area contributed by atoms with Crippen molar-refractivity contribution in [3.05, 3.63) is 18.6 Å². The number of piperazine rings is 1. The highest BCUT2D eigenvalue weighted by atomic mass is 16.5. The second-order valence-electron chi connectivity index (χ2n) is 5.25. The number of hydrogen-bond acceptors (Lipinski definition) is 6. The van der Waals surface area contributed by atoms with Crippen molar-refractivity contribution < 1.29 is 9.53 Å². The smallest absolute Gasteiger partial charge is 0.234 e. The van der Waals surface area contributed by atoms with Crippen LogP contribution in [0.3, 0.4) is 0 Å². The molecular weight excluding hydrogens is 270 g/mol. The third-order valence-electron chi connectivity index (χ3n) is 3.44. The van der Waals surface area contributed by atoms with Crippen LogP contribution in [0, 0.1) is 0 Å². The molecule has 116 valence electrons. The van der Waals surface area contributed by atoms with Gasteiger partial charge in [0.25, 0.3) is 0 Å². The molecule has 1 N–H and O–H groups in total.